The monoisotopic (exact) mass is 265 g/mol. The van der Waals surface area contributed by atoms with Crippen LogP contribution in [0.15, 0.2) is 60.7 Å². The molecule has 20 heavy (non-hydrogen) atoms. The molecular weight excluding hydrogens is 250 g/mol. The molecule has 3 heteroatoms. The molecule has 0 atom stereocenters. The van der Waals surface area contributed by atoms with Gasteiger partial charge in [-0.2, -0.15) is 0 Å². The molecule has 2 aromatic carbocycles. The molecule has 0 aliphatic heterocycles. The maximum atomic E-state index is 11.9. The predicted octanol–water partition coefficient (Wildman–Crippen LogP) is 3.54. The van der Waals surface area contributed by atoms with Gasteiger partial charge in [-0.3, -0.25) is 9.59 Å². The highest BCUT2D eigenvalue weighted by Crippen LogP contribution is 2.15. The zero-order chi connectivity index (χ0) is 14.4. The lowest BCUT2D eigenvalue weighted by Crippen LogP contribution is -2.11. The first-order valence-corrected chi connectivity index (χ1v) is 6.31. The minimum atomic E-state index is -0.262. The standard InChI is InChI=1S/C17H15NO2/c1-13(19)15-9-5-6-10-16(15)18-17(20)12-11-14-7-3-2-4-8-14/h2-12H,1H3,(H,18,20). The second kappa shape index (κ2) is 6.48. The summed E-state index contributed by atoms with van der Waals surface area (Å²) in [5.41, 5.74) is 1.99. The van der Waals surface area contributed by atoms with Crippen LogP contribution >= 0.6 is 0 Å². The average Bonchev–Trinajstić information content (AvgIpc) is 2.46. The van der Waals surface area contributed by atoms with Crippen LogP contribution in [-0.4, -0.2) is 11.7 Å². The van der Waals surface area contributed by atoms with Gasteiger partial charge in [0.2, 0.25) is 5.91 Å². The first kappa shape index (κ1) is 13.7. The van der Waals surface area contributed by atoms with Gasteiger partial charge in [0.25, 0.3) is 0 Å². The fourth-order valence-electron chi connectivity index (χ4n) is 1.81. The van der Waals surface area contributed by atoms with Gasteiger partial charge >= 0.3 is 0 Å². The molecule has 0 heterocycles. The van der Waals surface area contributed by atoms with E-state index in [2.05, 4.69) is 5.32 Å². The molecule has 100 valence electrons. The summed E-state index contributed by atoms with van der Waals surface area (Å²) in [7, 11) is 0. The van der Waals surface area contributed by atoms with Crippen LogP contribution in [0.3, 0.4) is 0 Å². The summed E-state index contributed by atoms with van der Waals surface area (Å²) in [5, 5.41) is 2.72. The highest BCUT2D eigenvalue weighted by atomic mass is 16.1. The lowest BCUT2D eigenvalue weighted by atomic mass is 10.1. The molecule has 1 amide bonds. The minimum absolute atomic E-state index is 0.0760. The van der Waals surface area contributed by atoms with Gasteiger partial charge in [-0.25, -0.2) is 0 Å². The van der Waals surface area contributed by atoms with Gasteiger partial charge in [-0.15, -0.1) is 0 Å². The summed E-state index contributed by atoms with van der Waals surface area (Å²) < 4.78 is 0. The van der Waals surface area contributed by atoms with Crippen LogP contribution in [0.2, 0.25) is 0 Å². The van der Waals surface area contributed by atoms with Gasteiger partial charge in [-0.1, -0.05) is 42.5 Å². The van der Waals surface area contributed by atoms with E-state index in [0.717, 1.165) is 5.56 Å². The fourth-order valence-corrected chi connectivity index (χ4v) is 1.81. The van der Waals surface area contributed by atoms with Crippen molar-refractivity contribution in [2.75, 3.05) is 5.32 Å². The van der Waals surface area contributed by atoms with Crippen LogP contribution in [0, 0.1) is 0 Å². The minimum Gasteiger partial charge on any atom is -0.322 e. The largest absolute Gasteiger partial charge is 0.322 e. The van der Waals surface area contributed by atoms with Crippen LogP contribution in [0.1, 0.15) is 22.8 Å². The summed E-state index contributed by atoms with van der Waals surface area (Å²) in [6, 6.07) is 16.5. The Kier molecular flexibility index (Phi) is 4.45. The number of hydrogen-bond acceptors (Lipinski definition) is 2. The first-order chi connectivity index (χ1) is 9.66. The first-order valence-electron chi connectivity index (χ1n) is 6.31. The average molecular weight is 265 g/mol. The van der Waals surface area contributed by atoms with Gasteiger partial charge in [0.1, 0.15) is 0 Å². The molecule has 1 N–H and O–H groups in total. The smallest absolute Gasteiger partial charge is 0.248 e. The second-order valence-electron chi connectivity index (χ2n) is 4.34. The number of carbonyl (C=O) groups is 2. The van der Waals surface area contributed by atoms with Gasteiger partial charge in [0.15, 0.2) is 5.78 Å². The van der Waals surface area contributed by atoms with Crippen molar-refractivity contribution in [3.05, 3.63) is 71.8 Å². The van der Waals surface area contributed by atoms with Crippen LogP contribution in [0.25, 0.3) is 6.08 Å². The van der Waals surface area contributed by atoms with E-state index < -0.39 is 0 Å². The zero-order valence-electron chi connectivity index (χ0n) is 11.2. The number of anilines is 1. The van der Waals surface area contributed by atoms with Crippen molar-refractivity contribution in [3.63, 3.8) is 0 Å². The van der Waals surface area contributed by atoms with Crippen LogP contribution in [0.4, 0.5) is 5.69 Å². The van der Waals surface area contributed by atoms with E-state index in [9.17, 15) is 9.59 Å². The third-order valence-corrected chi connectivity index (χ3v) is 2.79. The molecule has 3 nitrogen and oxygen atoms in total. The summed E-state index contributed by atoms with van der Waals surface area (Å²) in [5.74, 6) is -0.338. The van der Waals surface area contributed by atoms with Crippen molar-refractivity contribution >= 4 is 23.5 Å². The Morgan fingerprint density at radius 2 is 1.60 bits per heavy atom. The van der Waals surface area contributed by atoms with Crippen LogP contribution in [0.5, 0.6) is 0 Å². The number of para-hydroxylation sites is 1. The quantitative estimate of drug-likeness (QED) is 0.679. The Labute approximate surface area is 117 Å². The summed E-state index contributed by atoms with van der Waals surface area (Å²) in [4.78, 5) is 23.3. The third-order valence-electron chi connectivity index (χ3n) is 2.79. The number of hydrogen-bond donors (Lipinski definition) is 1. The van der Waals surface area contributed by atoms with E-state index >= 15 is 0 Å². The Bertz CT molecular complexity index is 645. The molecule has 0 fully saturated rings. The SMILES string of the molecule is CC(=O)c1ccccc1NC(=O)C=Cc1ccccc1. The number of amides is 1. The van der Waals surface area contributed by atoms with Crippen molar-refractivity contribution in [2.45, 2.75) is 6.92 Å². The number of ketones is 1. The summed E-state index contributed by atoms with van der Waals surface area (Å²) in [6.07, 6.45) is 3.18. The van der Waals surface area contributed by atoms with Gasteiger partial charge in [0, 0.05) is 11.6 Å². The lowest BCUT2D eigenvalue weighted by Gasteiger charge is -2.06. The van der Waals surface area contributed by atoms with E-state index in [1.54, 1.807) is 30.3 Å². The molecule has 2 aromatic rings. The third kappa shape index (κ3) is 3.65. The Morgan fingerprint density at radius 3 is 2.30 bits per heavy atom. The van der Waals surface area contributed by atoms with Crippen molar-refractivity contribution < 1.29 is 9.59 Å². The molecule has 0 aromatic heterocycles. The molecule has 0 saturated heterocycles. The number of nitrogens with one attached hydrogen (secondary N) is 1. The number of rotatable bonds is 4. The van der Waals surface area contributed by atoms with Crippen molar-refractivity contribution in [2.24, 2.45) is 0 Å². The van der Waals surface area contributed by atoms with E-state index in [4.69, 9.17) is 0 Å². The Hall–Kier alpha value is -2.68. The lowest BCUT2D eigenvalue weighted by molar-refractivity contribution is -0.111. The molecule has 0 spiro atoms. The summed E-state index contributed by atoms with van der Waals surface area (Å²) in [6.45, 7) is 1.48. The highest BCUT2D eigenvalue weighted by Gasteiger charge is 2.07. The molecule has 0 aliphatic rings. The predicted molar refractivity (Wildman–Crippen MR) is 80.6 cm³/mol. The van der Waals surface area contributed by atoms with E-state index in [1.807, 2.05) is 30.3 Å². The van der Waals surface area contributed by atoms with Gasteiger partial charge in [0.05, 0.1) is 5.69 Å². The number of benzene rings is 2. The van der Waals surface area contributed by atoms with E-state index in [0.29, 0.717) is 11.3 Å². The molecule has 0 saturated carbocycles. The summed E-state index contributed by atoms with van der Waals surface area (Å²) >= 11 is 0. The maximum Gasteiger partial charge on any atom is 0.248 e. The molecule has 0 radical (unpaired) electrons. The van der Waals surface area contributed by atoms with E-state index in [-0.39, 0.29) is 11.7 Å². The Balaban J connectivity index is 2.09. The fraction of sp³-hybridized carbons (Fsp3) is 0.0588. The molecule has 0 aliphatic carbocycles. The molecule has 0 unspecified atom stereocenters. The molecule has 2 rings (SSSR count). The van der Waals surface area contributed by atoms with Gasteiger partial charge in [-0.05, 0) is 30.7 Å². The van der Waals surface area contributed by atoms with Crippen molar-refractivity contribution in [1.29, 1.82) is 0 Å². The Morgan fingerprint density at radius 1 is 0.950 bits per heavy atom. The number of carbonyl (C=O) groups excluding carboxylic acids is 2. The van der Waals surface area contributed by atoms with Crippen LogP contribution < -0.4 is 5.32 Å². The maximum absolute atomic E-state index is 11.9. The van der Waals surface area contributed by atoms with Crippen molar-refractivity contribution in [3.8, 4) is 0 Å². The second-order valence-corrected chi connectivity index (χ2v) is 4.34. The highest BCUT2D eigenvalue weighted by molar-refractivity contribution is 6.07. The normalized spacial score (nSPS) is 10.4. The molecule has 0 bridgehead atoms. The topological polar surface area (TPSA) is 46.2 Å². The van der Waals surface area contributed by atoms with E-state index in [1.165, 1.54) is 13.0 Å². The number of Topliss-reactive ketones (excluding diaryl/α,β-unsaturated/α-hetero) is 1. The van der Waals surface area contributed by atoms with Crippen molar-refractivity contribution in [1.82, 2.24) is 0 Å². The molecular formula is C17H15NO2. The van der Waals surface area contributed by atoms with Crippen LogP contribution in [-0.2, 0) is 4.79 Å². The zero-order valence-corrected chi connectivity index (χ0v) is 11.2. The van der Waals surface area contributed by atoms with Gasteiger partial charge < -0.3 is 5.32 Å².